The lowest BCUT2D eigenvalue weighted by molar-refractivity contribution is -0.385. The molecule has 0 bridgehead atoms. The van der Waals surface area contributed by atoms with Gasteiger partial charge in [-0.25, -0.2) is 9.78 Å². The Morgan fingerprint density at radius 3 is 2.62 bits per heavy atom. The van der Waals surface area contributed by atoms with E-state index in [1.807, 2.05) is 30.3 Å². The molecular formula is C16H18N4O4. The minimum atomic E-state index is -0.859. The molecule has 1 aromatic carbocycles. The van der Waals surface area contributed by atoms with Gasteiger partial charge in [-0.15, -0.1) is 0 Å². The number of nitrogens with zero attached hydrogens (tertiary/aromatic N) is 2. The predicted molar refractivity (Wildman–Crippen MR) is 88.7 cm³/mol. The highest BCUT2D eigenvalue weighted by atomic mass is 16.6. The van der Waals surface area contributed by atoms with E-state index < -0.39 is 11.0 Å². The van der Waals surface area contributed by atoms with Crippen molar-refractivity contribution in [1.82, 2.24) is 4.98 Å². The van der Waals surface area contributed by atoms with Crippen molar-refractivity contribution in [3.05, 3.63) is 63.8 Å². The quantitative estimate of drug-likeness (QED) is 0.594. The van der Waals surface area contributed by atoms with Crippen LogP contribution in [0.2, 0.25) is 0 Å². The van der Waals surface area contributed by atoms with Crippen LogP contribution in [0.4, 0.5) is 16.3 Å². The fourth-order valence-electron chi connectivity index (χ4n) is 2.27. The lowest BCUT2D eigenvalue weighted by Gasteiger charge is -2.19. The molecule has 0 aliphatic carbocycles. The van der Waals surface area contributed by atoms with Crippen LogP contribution >= 0.6 is 0 Å². The van der Waals surface area contributed by atoms with E-state index >= 15 is 0 Å². The molecule has 0 fully saturated rings. The topological polar surface area (TPSA) is 120 Å². The lowest BCUT2D eigenvalue weighted by atomic mass is 10.1. The number of hydrogen-bond donors (Lipinski definition) is 2. The summed E-state index contributed by atoms with van der Waals surface area (Å²) in [5.74, 6) is 0.465. The van der Waals surface area contributed by atoms with Crippen LogP contribution in [-0.2, 0) is 11.2 Å². The van der Waals surface area contributed by atoms with Gasteiger partial charge in [0.1, 0.15) is 18.1 Å². The smallest absolute Gasteiger partial charge is 0.404 e. The number of benzene rings is 1. The number of carbonyl (C=O) groups excluding carboxylic acids is 1. The zero-order chi connectivity index (χ0) is 17.5. The van der Waals surface area contributed by atoms with Crippen LogP contribution in [0.3, 0.4) is 0 Å². The van der Waals surface area contributed by atoms with Crippen LogP contribution in [0.15, 0.2) is 42.5 Å². The summed E-state index contributed by atoms with van der Waals surface area (Å²) in [4.78, 5) is 25.4. The minimum Gasteiger partial charge on any atom is -0.448 e. The van der Waals surface area contributed by atoms with Gasteiger partial charge in [0.05, 0.1) is 11.0 Å². The van der Waals surface area contributed by atoms with E-state index in [4.69, 9.17) is 10.5 Å². The first kappa shape index (κ1) is 17.2. The molecular weight excluding hydrogens is 312 g/mol. The van der Waals surface area contributed by atoms with Crippen molar-refractivity contribution in [3.63, 3.8) is 0 Å². The van der Waals surface area contributed by atoms with Gasteiger partial charge >= 0.3 is 6.09 Å². The number of hydrogen-bond acceptors (Lipinski definition) is 6. The van der Waals surface area contributed by atoms with Crippen molar-refractivity contribution in [2.24, 2.45) is 5.73 Å². The molecule has 24 heavy (non-hydrogen) atoms. The summed E-state index contributed by atoms with van der Waals surface area (Å²) in [5.41, 5.74) is 6.33. The van der Waals surface area contributed by atoms with Crippen LogP contribution in [0.5, 0.6) is 0 Å². The van der Waals surface area contributed by atoms with Gasteiger partial charge in [-0.2, -0.15) is 0 Å². The van der Waals surface area contributed by atoms with Gasteiger partial charge in [0.15, 0.2) is 0 Å². The number of aromatic nitrogens is 1. The third-order valence-corrected chi connectivity index (χ3v) is 3.36. The summed E-state index contributed by atoms with van der Waals surface area (Å²) >= 11 is 0. The molecule has 1 unspecified atom stereocenters. The summed E-state index contributed by atoms with van der Waals surface area (Å²) in [6, 6.07) is 12.3. The molecule has 0 saturated heterocycles. The van der Waals surface area contributed by atoms with Gasteiger partial charge in [-0.1, -0.05) is 30.3 Å². The average Bonchev–Trinajstić information content (AvgIpc) is 2.53. The standard InChI is InChI=1S/C16H18N4O4/c1-11-14(20(22)23)7-8-15(18-11)19-13(10-24-16(17)21)9-12-5-3-2-4-6-12/h2-8,13H,9-10H2,1H3,(H2,17,21)(H,18,19). The van der Waals surface area contributed by atoms with E-state index in [9.17, 15) is 14.9 Å². The summed E-state index contributed by atoms with van der Waals surface area (Å²) < 4.78 is 4.88. The summed E-state index contributed by atoms with van der Waals surface area (Å²) in [6.07, 6.45) is -0.283. The van der Waals surface area contributed by atoms with Crippen LogP contribution < -0.4 is 11.1 Å². The van der Waals surface area contributed by atoms with Crippen LogP contribution in [0.25, 0.3) is 0 Å². The van der Waals surface area contributed by atoms with Gasteiger partial charge < -0.3 is 15.8 Å². The van der Waals surface area contributed by atoms with Gasteiger partial charge in [0, 0.05) is 6.07 Å². The molecule has 8 nitrogen and oxygen atoms in total. The monoisotopic (exact) mass is 330 g/mol. The maximum Gasteiger partial charge on any atom is 0.404 e. The largest absolute Gasteiger partial charge is 0.448 e. The van der Waals surface area contributed by atoms with Gasteiger partial charge in [0.25, 0.3) is 5.69 Å². The number of pyridine rings is 1. The number of ether oxygens (including phenoxy) is 1. The maximum absolute atomic E-state index is 10.9. The van der Waals surface area contributed by atoms with Crippen molar-refractivity contribution in [2.45, 2.75) is 19.4 Å². The number of aryl methyl sites for hydroxylation is 1. The zero-order valence-corrected chi connectivity index (χ0v) is 13.1. The molecule has 1 aromatic heterocycles. The number of anilines is 1. The molecule has 1 atom stereocenters. The Morgan fingerprint density at radius 2 is 2.04 bits per heavy atom. The number of carbonyl (C=O) groups is 1. The summed E-state index contributed by atoms with van der Waals surface area (Å²) in [7, 11) is 0. The molecule has 0 spiro atoms. The Balaban J connectivity index is 2.13. The highest BCUT2D eigenvalue weighted by Gasteiger charge is 2.16. The minimum absolute atomic E-state index is 0.0476. The maximum atomic E-state index is 10.9. The first-order valence-electron chi connectivity index (χ1n) is 7.30. The molecule has 1 amide bonds. The third-order valence-electron chi connectivity index (χ3n) is 3.36. The average molecular weight is 330 g/mol. The molecule has 1 heterocycles. The van der Waals surface area contributed by atoms with Crippen molar-refractivity contribution in [3.8, 4) is 0 Å². The second kappa shape index (κ2) is 7.91. The number of nitro groups is 1. The van der Waals surface area contributed by atoms with Gasteiger partial charge in [0.2, 0.25) is 0 Å². The van der Waals surface area contributed by atoms with E-state index in [0.717, 1.165) is 5.56 Å². The molecule has 0 aliphatic rings. The third kappa shape index (κ3) is 4.94. The molecule has 0 saturated carbocycles. The number of primary amides is 1. The Hall–Kier alpha value is -3.16. The van der Waals surface area contributed by atoms with E-state index in [1.54, 1.807) is 6.92 Å². The Bertz CT molecular complexity index is 721. The first-order chi connectivity index (χ1) is 11.5. The number of amides is 1. The lowest BCUT2D eigenvalue weighted by Crippen LogP contribution is -2.31. The van der Waals surface area contributed by atoms with Crippen molar-refractivity contribution in [2.75, 3.05) is 11.9 Å². The van der Waals surface area contributed by atoms with E-state index in [-0.39, 0.29) is 18.3 Å². The van der Waals surface area contributed by atoms with E-state index in [0.29, 0.717) is 17.9 Å². The molecule has 0 aliphatic heterocycles. The molecule has 2 aromatic rings. The SMILES string of the molecule is Cc1nc(NC(COC(N)=O)Cc2ccccc2)ccc1[N+](=O)[O-]. The Labute approximate surface area is 138 Å². The molecule has 126 valence electrons. The molecule has 0 radical (unpaired) electrons. The first-order valence-corrected chi connectivity index (χ1v) is 7.30. The fourth-order valence-corrected chi connectivity index (χ4v) is 2.27. The second-order valence-corrected chi connectivity index (χ2v) is 5.22. The predicted octanol–water partition coefficient (Wildman–Crippen LogP) is 2.42. The summed E-state index contributed by atoms with van der Waals surface area (Å²) in [5, 5.41) is 14.0. The van der Waals surface area contributed by atoms with Crippen LogP contribution in [0.1, 0.15) is 11.3 Å². The Morgan fingerprint density at radius 1 is 1.33 bits per heavy atom. The zero-order valence-electron chi connectivity index (χ0n) is 13.1. The molecule has 8 heteroatoms. The van der Waals surface area contributed by atoms with E-state index in [1.165, 1.54) is 12.1 Å². The van der Waals surface area contributed by atoms with Crippen molar-refractivity contribution in [1.29, 1.82) is 0 Å². The number of rotatable bonds is 7. The van der Waals surface area contributed by atoms with E-state index in [2.05, 4.69) is 10.3 Å². The highest BCUT2D eigenvalue weighted by Crippen LogP contribution is 2.19. The number of nitrogens with two attached hydrogens (primary N) is 1. The second-order valence-electron chi connectivity index (χ2n) is 5.22. The van der Waals surface area contributed by atoms with Crippen LogP contribution in [-0.4, -0.2) is 28.6 Å². The normalized spacial score (nSPS) is 11.5. The summed E-state index contributed by atoms with van der Waals surface area (Å²) in [6.45, 7) is 1.62. The fraction of sp³-hybridized carbons (Fsp3) is 0.250. The molecule has 2 rings (SSSR count). The van der Waals surface area contributed by atoms with Crippen molar-refractivity contribution < 1.29 is 14.5 Å². The van der Waals surface area contributed by atoms with Gasteiger partial charge in [-0.3, -0.25) is 10.1 Å². The molecule has 3 N–H and O–H groups in total. The Kier molecular flexibility index (Phi) is 5.67. The van der Waals surface area contributed by atoms with Crippen molar-refractivity contribution >= 4 is 17.6 Å². The number of nitrogens with one attached hydrogen (secondary N) is 1. The van der Waals surface area contributed by atoms with Gasteiger partial charge in [-0.05, 0) is 25.0 Å². The van der Waals surface area contributed by atoms with Crippen LogP contribution in [0, 0.1) is 17.0 Å². The highest BCUT2D eigenvalue weighted by molar-refractivity contribution is 5.64.